The lowest BCUT2D eigenvalue weighted by atomic mass is 10.1. The fraction of sp³-hybridized carbons (Fsp3) is 0.643. The highest BCUT2D eigenvalue weighted by atomic mass is 33.1. The first kappa shape index (κ1) is 25.2. The van der Waals surface area contributed by atoms with E-state index in [0.717, 1.165) is 21.6 Å². The van der Waals surface area contributed by atoms with Crippen molar-refractivity contribution in [3.05, 3.63) is 0 Å². The first-order chi connectivity index (χ1) is 12.5. The summed E-state index contributed by atoms with van der Waals surface area (Å²) < 4.78 is 0. The first-order valence-electron chi connectivity index (χ1n) is 7.79. The molecule has 0 bridgehead atoms. The van der Waals surface area contributed by atoms with Gasteiger partial charge in [-0.1, -0.05) is 21.6 Å². The predicted molar refractivity (Wildman–Crippen MR) is 99.2 cm³/mol. The number of aliphatic carboxylic acids is 3. The molecule has 0 spiro atoms. The summed E-state index contributed by atoms with van der Waals surface area (Å²) in [5, 5.41) is 28.5. The lowest BCUT2D eigenvalue weighted by Gasteiger charge is -2.17. The van der Waals surface area contributed by atoms with E-state index in [2.05, 4.69) is 5.32 Å². The van der Waals surface area contributed by atoms with Crippen molar-refractivity contribution in [1.29, 1.82) is 0 Å². The zero-order chi connectivity index (χ0) is 21.0. The van der Waals surface area contributed by atoms with Crippen molar-refractivity contribution in [3.8, 4) is 0 Å². The molecule has 0 aromatic carbocycles. The summed E-state index contributed by atoms with van der Waals surface area (Å²) in [5.74, 6) is -4.50. The van der Waals surface area contributed by atoms with Crippen molar-refractivity contribution in [1.82, 2.24) is 5.32 Å². The molecule has 0 radical (unpaired) electrons. The smallest absolute Gasteiger partial charge is 0.321 e. The molecule has 0 fully saturated rings. The van der Waals surface area contributed by atoms with Crippen LogP contribution < -0.4 is 16.8 Å². The minimum Gasteiger partial charge on any atom is -0.481 e. The molecule has 154 valence electrons. The maximum Gasteiger partial charge on any atom is 0.321 e. The van der Waals surface area contributed by atoms with Gasteiger partial charge in [0, 0.05) is 24.3 Å². The molecule has 0 unspecified atom stereocenters. The lowest BCUT2D eigenvalue weighted by molar-refractivity contribution is -0.139. The Kier molecular flexibility index (Phi) is 12.5. The summed E-state index contributed by atoms with van der Waals surface area (Å²) in [6.07, 6.45) is -1.00. The van der Waals surface area contributed by atoms with E-state index in [-0.39, 0.29) is 30.8 Å². The van der Waals surface area contributed by atoms with Crippen LogP contribution in [0.15, 0.2) is 0 Å². The Morgan fingerprint density at radius 1 is 0.815 bits per heavy atom. The van der Waals surface area contributed by atoms with Crippen LogP contribution in [-0.2, 0) is 24.0 Å². The van der Waals surface area contributed by atoms with E-state index in [1.807, 2.05) is 0 Å². The van der Waals surface area contributed by atoms with Gasteiger partial charge in [0.2, 0.25) is 5.91 Å². The van der Waals surface area contributed by atoms with Gasteiger partial charge < -0.3 is 32.1 Å². The fourth-order valence-electron chi connectivity index (χ4n) is 1.60. The van der Waals surface area contributed by atoms with E-state index in [4.69, 9.17) is 26.8 Å². The van der Waals surface area contributed by atoms with Crippen molar-refractivity contribution in [2.24, 2.45) is 11.5 Å². The molecular weight excluding hydrogens is 402 g/mol. The van der Waals surface area contributed by atoms with Gasteiger partial charge in [-0.3, -0.25) is 24.0 Å². The third-order valence-corrected chi connectivity index (χ3v) is 5.64. The number of carboxylic acid groups (broad SMARTS) is 3. The quantitative estimate of drug-likeness (QED) is 0.136. The van der Waals surface area contributed by atoms with E-state index in [0.29, 0.717) is 0 Å². The summed E-state index contributed by atoms with van der Waals surface area (Å²) >= 11 is 0. The van der Waals surface area contributed by atoms with Crippen molar-refractivity contribution < 1.29 is 39.3 Å². The third kappa shape index (κ3) is 12.2. The van der Waals surface area contributed by atoms with Crippen LogP contribution in [0.3, 0.4) is 0 Å². The zero-order valence-corrected chi connectivity index (χ0v) is 16.0. The number of carbonyl (C=O) groups is 5. The summed E-state index contributed by atoms with van der Waals surface area (Å²) in [6.45, 7) is 0. The van der Waals surface area contributed by atoms with E-state index >= 15 is 0 Å². The Bertz CT molecular complexity index is 560. The molecule has 0 rings (SSSR count). The molecular formula is C14H23N3O8S2. The molecule has 0 aromatic heterocycles. The third-order valence-electron chi connectivity index (χ3n) is 3.19. The van der Waals surface area contributed by atoms with Crippen molar-refractivity contribution in [2.75, 3.05) is 11.5 Å². The Labute approximate surface area is 163 Å². The number of amides is 1. The zero-order valence-electron chi connectivity index (χ0n) is 14.3. The van der Waals surface area contributed by atoms with E-state index in [9.17, 15) is 24.0 Å². The minimum absolute atomic E-state index is 0.0756. The number of hydrogen-bond donors (Lipinski definition) is 6. The Morgan fingerprint density at radius 2 is 1.37 bits per heavy atom. The van der Waals surface area contributed by atoms with Crippen LogP contribution in [0.1, 0.15) is 25.7 Å². The highest BCUT2D eigenvalue weighted by Crippen LogP contribution is 2.23. The average Bonchev–Trinajstić information content (AvgIpc) is 2.59. The molecule has 13 heteroatoms. The van der Waals surface area contributed by atoms with Gasteiger partial charge in [-0.05, 0) is 6.42 Å². The average molecular weight is 425 g/mol. The Balaban J connectivity index is 4.61. The van der Waals surface area contributed by atoms with Crippen LogP contribution in [-0.4, -0.2) is 74.5 Å². The maximum absolute atomic E-state index is 12.1. The number of carbonyl (C=O) groups excluding carboxylic acids is 2. The van der Waals surface area contributed by atoms with Crippen LogP contribution in [0.25, 0.3) is 0 Å². The second-order valence-corrected chi connectivity index (χ2v) is 8.03. The number of carboxylic acids is 3. The first-order valence-corrected chi connectivity index (χ1v) is 10.3. The second kappa shape index (κ2) is 13.4. The predicted octanol–water partition coefficient (Wildman–Crippen LogP) is -1.11. The number of rotatable bonds is 15. The van der Waals surface area contributed by atoms with Gasteiger partial charge in [-0.25, -0.2) is 0 Å². The lowest BCUT2D eigenvalue weighted by Crippen LogP contribution is -2.43. The van der Waals surface area contributed by atoms with Gasteiger partial charge in [-0.2, -0.15) is 0 Å². The molecule has 8 N–H and O–H groups in total. The van der Waals surface area contributed by atoms with Crippen LogP contribution in [0.2, 0.25) is 0 Å². The maximum atomic E-state index is 12.1. The largest absolute Gasteiger partial charge is 0.481 e. The number of nitrogens with two attached hydrogens (primary N) is 2. The van der Waals surface area contributed by atoms with Crippen LogP contribution in [0.4, 0.5) is 0 Å². The monoisotopic (exact) mass is 425 g/mol. The molecule has 27 heavy (non-hydrogen) atoms. The van der Waals surface area contributed by atoms with E-state index in [1.54, 1.807) is 0 Å². The summed E-state index contributed by atoms with van der Waals surface area (Å²) in [6, 6.07) is -3.27. The minimum atomic E-state index is -1.25. The fourth-order valence-corrected chi connectivity index (χ4v) is 3.92. The molecule has 0 aliphatic carbocycles. The molecule has 0 heterocycles. The normalized spacial score (nSPS) is 14.0. The molecule has 0 aliphatic heterocycles. The van der Waals surface area contributed by atoms with E-state index < -0.39 is 54.1 Å². The van der Waals surface area contributed by atoms with Crippen LogP contribution >= 0.6 is 21.6 Å². The van der Waals surface area contributed by atoms with Gasteiger partial charge >= 0.3 is 17.9 Å². The Hall–Kier alpha value is -1.83. The van der Waals surface area contributed by atoms with Crippen LogP contribution in [0, 0.1) is 0 Å². The SMILES string of the molecule is N[C@@H](CCC(=O)N[C@@H](CSSC[C@H](N)C(=O)O)C(=O)CCC(=O)O)C(=O)O. The summed E-state index contributed by atoms with van der Waals surface area (Å²) in [5.41, 5.74) is 10.7. The molecule has 3 atom stereocenters. The Morgan fingerprint density at radius 3 is 1.89 bits per heavy atom. The van der Waals surface area contributed by atoms with E-state index in [1.165, 1.54) is 0 Å². The molecule has 0 aliphatic rings. The van der Waals surface area contributed by atoms with Gasteiger partial charge in [0.15, 0.2) is 5.78 Å². The molecule has 0 saturated heterocycles. The number of Topliss-reactive ketones (excluding diaryl/α,β-unsaturated/α-hetero) is 1. The van der Waals surface area contributed by atoms with Crippen molar-refractivity contribution >= 4 is 51.2 Å². The molecule has 0 saturated carbocycles. The molecule has 0 aromatic rings. The van der Waals surface area contributed by atoms with Gasteiger partial charge in [-0.15, -0.1) is 0 Å². The highest BCUT2D eigenvalue weighted by molar-refractivity contribution is 8.76. The van der Waals surface area contributed by atoms with Gasteiger partial charge in [0.05, 0.1) is 12.5 Å². The summed E-state index contributed by atoms with van der Waals surface area (Å²) in [7, 11) is 2.21. The van der Waals surface area contributed by atoms with Gasteiger partial charge in [0.1, 0.15) is 12.1 Å². The number of ketones is 1. The standard InChI is InChI=1S/C14H23N3O8S2/c15-7(13(22)23)1-3-11(19)17-9(10(18)2-4-12(20)21)6-27-26-5-8(16)14(24)25/h7-9H,1-6,15-16H2,(H,17,19)(H,20,21)(H,22,23)(H,24,25)/t7-,8-,9-/m0/s1. The highest BCUT2D eigenvalue weighted by Gasteiger charge is 2.23. The van der Waals surface area contributed by atoms with Crippen molar-refractivity contribution in [3.63, 3.8) is 0 Å². The molecule has 11 nitrogen and oxygen atoms in total. The van der Waals surface area contributed by atoms with Crippen LogP contribution in [0.5, 0.6) is 0 Å². The summed E-state index contributed by atoms with van der Waals surface area (Å²) in [4.78, 5) is 55.9. The number of hydrogen-bond acceptors (Lipinski definition) is 9. The van der Waals surface area contributed by atoms with Gasteiger partial charge in [0.25, 0.3) is 0 Å². The molecule has 1 amide bonds. The number of nitrogens with one attached hydrogen (secondary N) is 1. The topological polar surface area (TPSA) is 210 Å². The second-order valence-electron chi connectivity index (χ2n) is 5.48. The van der Waals surface area contributed by atoms with Crippen molar-refractivity contribution in [2.45, 2.75) is 43.8 Å².